The molecule has 2 nitrogen and oxygen atoms in total. The van der Waals surface area contributed by atoms with Gasteiger partial charge in [-0.3, -0.25) is 0 Å². The molecule has 0 amide bonds. The van der Waals surface area contributed by atoms with E-state index in [9.17, 15) is 5.11 Å². The molecule has 0 heterocycles. The molecule has 0 unspecified atom stereocenters. The summed E-state index contributed by atoms with van der Waals surface area (Å²) in [5.41, 5.74) is 10.1. The van der Waals surface area contributed by atoms with Gasteiger partial charge in [-0.05, 0) is 30.5 Å². The van der Waals surface area contributed by atoms with Crippen molar-refractivity contribution < 1.29 is 5.11 Å². The highest BCUT2D eigenvalue weighted by Gasteiger charge is 2.39. The number of nitrogens with two attached hydrogens (primary N) is 1. The Balaban J connectivity index is 2.16. The van der Waals surface area contributed by atoms with E-state index in [0.29, 0.717) is 0 Å². The summed E-state index contributed by atoms with van der Waals surface area (Å²) in [5, 5.41) is 11.7. The van der Waals surface area contributed by atoms with Crippen molar-refractivity contribution in [2.75, 3.05) is 0 Å². The summed E-state index contributed by atoms with van der Waals surface area (Å²) < 4.78 is 0. The molecule has 3 N–H and O–H groups in total. The normalized spacial score (nSPS) is 12.8. The van der Waals surface area contributed by atoms with Crippen LogP contribution in [0.3, 0.4) is 0 Å². The minimum absolute atomic E-state index is 0.566. The van der Waals surface area contributed by atoms with Crippen molar-refractivity contribution in [2.24, 2.45) is 5.73 Å². The van der Waals surface area contributed by atoms with E-state index in [0.717, 1.165) is 27.8 Å². The number of hydrogen-bond donors (Lipinski definition) is 2. The fraction of sp³-hybridized carbons (Fsp3) is 0.182. The molecule has 0 aliphatic rings. The molecule has 0 radical (unpaired) electrons. The molecule has 0 aliphatic heterocycles. The number of hydrogen-bond acceptors (Lipinski definition) is 2. The molecule has 0 aliphatic carbocycles. The third-order valence-electron chi connectivity index (χ3n) is 4.59. The fourth-order valence-electron chi connectivity index (χ4n) is 3.04. The second-order valence-corrected chi connectivity index (χ2v) is 6.39. The lowest BCUT2D eigenvalue weighted by Crippen LogP contribution is -2.39. The molecule has 3 aromatic rings. The number of aryl methyl sites for hydroxylation is 2. The molecule has 0 saturated carbocycles. The molecular weight excluding hydrogens is 294 g/mol. The first kappa shape index (κ1) is 16.4. The highest BCUT2D eigenvalue weighted by atomic mass is 16.3. The standard InChI is InChI=1S/C22H23NO/c1-16-8-12-19(13-9-16)22(24,20-14-10-17(2)11-15-20)21(23)18-6-4-3-5-7-18/h3-15,21,24H,23H2,1-2H3/t21-/m1/s1. The third-order valence-corrected chi connectivity index (χ3v) is 4.59. The van der Waals surface area contributed by atoms with Gasteiger partial charge in [-0.2, -0.15) is 0 Å². The van der Waals surface area contributed by atoms with E-state index in [2.05, 4.69) is 0 Å². The Morgan fingerprint density at radius 1 is 0.708 bits per heavy atom. The summed E-state index contributed by atoms with van der Waals surface area (Å²) in [6.07, 6.45) is 0. The maximum absolute atomic E-state index is 11.7. The molecule has 1 atom stereocenters. The molecule has 2 heteroatoms. The highest BCUT2D eigenvalue weighted by Crippen LogP contribution is 2.39. The van der Waals surface area contributed by atoms with Crippen LogP contribution in [0.25, 0.3) is 0 Å². The lowest BCUT2D eigenvalue weighted by molar-refractivity contribution is 0.0512. The molecule has 3 rings (SSSR count). The molecule has 0 aromatic heterocycles. The van der Waals surface area contributed by atoms with E-state index in [1.54, 1.807) is 0 Å². The van der Waals surface area contributed by atoms with Gasteiger partial charge < -0.3 is 10.8 Å². The van der Waals surface area contributed by atoms with Crippen LogP contribution in [0, 0.1) is 13.8 Å². The number of benzene rings is 3. The van der Waals surface area contributed by atoms with Crippen LogP contribution < -0.4 is 5.73 Å². The van der Waals surface area contributed by atoms with Gasteiger partial charge in [-0.25, -0.2) is 0 Å². The third kappa shape index (κ3) is 2.99. The lowest BCUT2D eigenvalue weighted by atomic mass is 9.77. The minimum Gasteiger partial charge on any atom is -0.378 e. The minimum atomic E-state index is -1.29. The topological polar surface area (TPSA) is 46.2 Å². The second kappa shape index (κ2) is 6.60. The molecule has 3 aromatic carbocycles. The molecule has 0 bridgehead atoms. The predicted molar refractivity (Wildman–Crippen MR) is 98.7 cm³/mol. The number of rotatable bonds is 4. The van der Waals surface area contributed by atoms with Gasteiger partial charge in [-0.15, -0.1) is 0 Å². The van der Waals surface area contributed by atoms with Crippen LogP contribution in [0.1, 0.15) is 33.9 Å². The Hall–Kier alpha value is -2.42. The monoisotopic (exact) mass is 317 g/mol. The van der Waals surface area contributed by atoms with Gasteiger partial charge in [0.25, 0.3) is 0 Å². The molecule has 0 saturated heterocycles. The first-order chi connectivity index (χ1) is 11.5. The maximum atomic E-state index is 11.7. The van der Waals surface area contributed by atoms with E-state index in [1.807, 2.05) is 92.7 Å². The lowest BCUT2D eigenvalue weighted by Gasteiger charge is -2.35. The highest BCUT2D eigenvalue weighted by molar-refractivity contribution is 5.42. The average Bonchev–Trinajstić information content (AvgIpc) is 2.62. The fourth-order valence-corrected chi connectivity index (χ4v) is 3.04. The SMILES string of the molecule is Cc1ccc(C(O)(c2ccc(C)cc2)[C@H](N)c2ccccc2)cc1. The van der Waals surface area contributed by atoms with Crippen molar-refractivity contribution in [3.8, 4) is 0 Å². The van der Waals surface area contributed by atoms with Crippen LogP contribution in [-0.4, -0.2) is 5.11 Å². The number of aliphatic hydroxyl groups is 1. The Bertz CT molecular complexity index is 746. The van der Waals surface area contributed by atoms with Crippen LogP contribution in [0.15, 0.2) is 78.9 Å². The average molecular weight is 317 g/mol. The van der Waals surface area contributed by atoms with Crippen molar-refractivity contribution in [3.05, 3.63) is 107 Å². The summed E-state index contributed by atoms with van der Waals surface area (Å²) in [5.74, 6) is 0. The van der Waals surface area contributed by atoms with Crippen molar-refractivity contribution >= 4 is 0 Å². The smallest absolute Gasteiger partial charge is 0.134 e. The zero-order valence-electron chi connectivity index (χ0n) is 14.1. The van der Waals surface area contributed by atoms with Crippen molar-refractivity contribution in [1.29, 1.82) is 0 Å². The van der Waals surface area contributed by atoms with Gasteiger partial charge in [0.05, 0.1) is 6.04 Å². The van der Waals surface area contributed by atoms with E-state index in [1.165, 1.54) is 0 Å². The molecular formula is C22H23NO. The summed E-state index contributed by atoms with van der Waals surface area (Å²) in [7, 11) is 0. The first-order valence-corrected chi connectivity index (χ1v) is 8.19. The van der Waals surface area contributed by atoms with E-state index < -0.39 is 11.6 Å². The van der Waals surface area contributed by atoms with Crippen molar-refractivity contribution in [1.82, 2.24) is 0 Å². The maximum Gasteiger partial charge on any atom is 0.134 e. The van der Waals surface area contributed by atoms with Gasteiger partial charge in [0, 0.05) is 0 Å². The molecule has 122 valence electrons. The van der Waals surface area contributed by atoms with Gasteiger partial charge >= 0.3 is 0 Å². The van der Waals surface area contributed by atoms with Gasteiger partial charge in [-0.1, -0.05) is 90.0 Å². The van der Waals surface area contributed by atoms with Crippen molar-refractivity contribution in [2.45, 2.75) is 25.5 Å². The van der Waals surface area contributed by atoms with Crippen LogP contribution in [0.4, 0.5) is 0 Å². The van der Waals surface area contributed by atoms with Crippen LogP contribution in [0.5, 0.6) is 0 Å². The van der Waals surface area contributed by atoms with Crippen molar-refractivity contribution in [3.63, 3.8) is 0 Å². The van der Waals surface area contributed by atoms with E-state index in [-0.39, 0.29) is 0 Å². The zero-order chi connectivity index (χ0) is 17.2. The van der Waals surface area contributed by atoms with Gasteiger partial charge in [0.1, 0.15) is 5.60 Å². The predicted octanol–water partition coefficient (Wildman–Crippen LogP) is 4.24. The first-order valence-electron chi connectivity index (χ1n) is 8.19. The summed E-state index contributed by atoms with van der Waals surface area (Å²) >= 11 is 0. The Kier molecular flexibility index (Phi) is 4.52. The Labute approximate surface area is 143 Å². The Morgan fingerprint density at radius 3 is 1.54 bits per heavy atom. The molecule has 0 fully saturated rings. The molecule has 0 spiro atoms. The van der Waals surface area contributed by atoms with E-state index in [4.69, 9.17) is 5.73 Å². The van der Waals surface area contributed by atoms with Gasteiger partial charge in [0.2, 0.25) is 0 Å². The Morgan fingerprint density at radius 2 is 1.12 bits per heavy atom. The van der Waals surface area contributed by atoms with Crippen LogP contribution >= 0.6 is 0 Å². The summed E-state index contributed by atoms with van der Waals surface area (Å²) in [4.78, 5) is 0. The molecule has 24 heavy (non-hydrogen) atoms. The summed E-state index contributed by atoms with van der Waals surface area (Å²) in [6.45, 7) is 4.07. The summed E-state index contributed by atoms with van der Waals surface area (Å²) in [6, 6.07) is 25.0. The quantitative estimate of drug-likeness (QED) is 0.756. The largest absolute Gasteiger partial charge is 0.378 e. The van der Waals surface area contributed by atoms with Crippen LogP contribution in [-0.2, 0) is 5.60 Å². The second-order valence-electron chi connectivity index (χ2n) is 6.39. The van der Waals surface area contributed by atoms with Gasteiger partial charge in [0.15, 0.2) is 0 Å². The van der Waals surface area contributed by atoms with Crippen LogP contribution in [0.2, 0.25) is 0 Å². The zero-order valence-corrected chi connectivity index (χ0v) is 14.1. The van der Waals surface area contributed by atoms with E-state index >= 15 is 0 Å².